The van der Waals surface area contributed by atoms with Gasteiger partial charge in [-0.15, -0.1) is 6.58 Å². The molecule has 0 aliphatic carbocycles. The third kappa shape index (κ3) is 2.27. The Morgan fingerprint density at radius 2 is 2.56 bits per heavy atom. The summed E-state index contributed by atoms with van der Waals surface area (Å²) in [6.07, 6.45) is 4.93. The van der Waals surface area contributed by atoms with E-state index in [0.717, 1.165) is 37.8 Å². The number of aryl methyl sites for hydroxylation is 1. The van der Waals surface area contributed by atoms with E-state index in [0.29, 0.717) is 0 Å². The third-order valence-corrected chi connectivity index (χ3v) is 2.86. The van der Waals surface area contributed by atoms with Crippen LogP contribution in [0.4, 0.5) is 5.95 Å². The van der Waals surface area contributed by atoms with Gasteiger partial charge >= 0.3 is 0 Å². The van der Waals surface area contributed by atoms with Crippen molar-refractivity contribution >= 4 is 5.95 Å². The molecule has 1 aliphatic heterocycles. The second-order valence-electron chi connectivity index (χ2n) is 4.64. The minimum absolute atomic E-state index is 0.0106. The summed E-state index contributed by atoms with van der Waals surface area (Å²) in [5, 5.41) is 3.47. The second kappa shape index (κ2) is 4.29. The van der Waals surface area contributed by atoms with Gasteiger partial charge < -0.3 is 14.6 Å². The van der Waals surface area contributed by atoms with Gasteiger partial charge in [0.1, 0.15) is 0 Å². The van der Waals surface area contributed by atoms with E-state index in [1.807, 2.05) is 19.2 Å². The van der Waals surface area contributed by atoms with Crippen molar-refractivity contribution in [3.8, 4) is 0 Å². The van der Waals surface area contributed by atoms with E-state index in [1.54, 1.807) is 0 Å². The molecule has 0 radical (unpaired) electrons. The third-order valence-electron chi connectivity index (χ3n) is 2.86. The molecule has 0 aromatic carbocycles. The number of nitrogens with zero attached hydrogens (tertiary/aromatic N) is 2. The van der Waals surface area contributed by atoms with Gasteiger partial charge in [0, 0.05) is 19.3 Å². The molecular formula is C12H19N3O. The second-order valence-corrected chi connectivity index (χ2v) is 4.64. The van der Waals surface area contributed by atoms with Crippen LogP contribution in [0.25, 0.3) is 0 Å². The number of imidazole rings is 1. The van der Waals surface area contributed by atoms with Crippen molar-refractivity contribution in [2.45, 2.75) is 32.4 Å². The van der Waals surface area contributed by atoms with Gasteiger partial charge in [-0.25, -0.2) is 4.98 Å². The van der Waals surface area contributed by atoms with Gasteiger partial charge in [-0.1, -0.05) is 6.08 Å². The summed E-state index contributed by atoms with van der Waals surface area (Å²) >= 11 is 0. The molecule has 2 rings (SSSR count). The number of anilines is 1. The first-order valence-electron chi connectivity index (χ1n) is 5.63. The molecule has 1 aromatic rings. The fourth-order valence-electron chi connectivity index (χ4n) is 1.96. The Hall–Kier alpha value is -1.29. The molecule has 0 spiro atoms. The lowest BCUT2D eigenvalue weighted by molar-refractivity contribution is 0.185. The van der Waals surface area contributed by atoms with Crippen LogP contribution in [0.2, 0.25) is 0 Å². The largest absolute Gasteiger partial charge is 0.379 e. The maximum atomic E-state index is 5.42. The first-order valence-corrected chi connectivity index (χ1v) is 5.63. The number of rotatable bonds is 4. The summed E-state index contributed by atoms with van der Waals surface area (Å²) in [6, 6.07) is 0. The van der Waals surface area contributed by atoms with Crippen molar-refractivity contribution in [3.63, 3.8) is 0 Å². The summed E-state index contributed by atoms with van der Waals surface area (Å²) in [4.78, 5) is 4.49. The smallest absolute Gasteiger partial charge is 0.203 e. The highest BCUT2D eigenvalue weighted by atomic mass is 16.5. The van der Waals surface area contributed by atoms with Crippen LogP contribution in [-0.2, 0) is 11.3 Å². The highest BCUT2D eigenvalue weighted by molar-refractivity contribution is 5.33. The molecule has 2 heterocycles. The summed E-state index contributed by atoms with van der Waals surface area (Å²) in [6.45, 7) is 10.3. The number of ether oxygens (including phenoxy) is 1. The molecule has 0 bridgehead atoms. The summed E-state index contributed by atoms with van der Waals surface area (Å²) in [7, 11) is 0. The quantitative estimate of drug-likeness (QED) is 0.790. The van der Waals surface area contributed by atoms with E-state index >= 15 is 0 Å². The van der Waals surface area contributed by atoms with Gasteiger partial charge in [0.2, 0.25) is 5.95 Å². The predicted octanol–water partition coefficient (Wildman–Crippen LogP) is 1.97. The molecule has 16 heavy (non-hydrogen) atoms. The van der Waals surface area contributed by atoms with Crippen LogP contribution in [0.5, 0.6) is 0 Å². The van der Waals surface area contributed by atoms with Crippen molar-refractivity contribution in [1.82, 2.24) is 9.55 Å². The average Bonchev–Trinajstić information content (AvgIpc) is 2.76. The summed E-state index contributed by atoms with van der Waals surface area (Å²) < 4.78 is 7.49. The molecule has 4 heteroatoms. The Bertz CT molecular complexity index is 378. The van der Waals surface area contributed by atoms with Gasteiger partial charge in [-0.05, 0) is 20.3 Å². The molecule has 1 saturated heterocycles. The van der Waals surface area contributed by atoms with Crippen LogP contribution in [0, 0.1) is 6.92 Å². The first-order chi connectivity index (χ1) is 7.63. The highest BCUT2D eigenvalue weighted by Gasteiger charge is 2.30. The zero-order valence-electron chi connectivity index (χ0n) is 9.99. The van der Waals surface area contributed by atoms with Crippen molar-refractivity contribution in [2.75, 3.05) is 18.5 Å². The van der Waals surface area contributed by atoms with Gasteiger partial charge in [-0.3, -0.25) is 0 Å². The fraction of sp³-hybridized carbons (Fsp3) is 0.583. The van der Waals surface area contributed by atoms with Crippen LogP contribution in [0.3, 0.4) is 0 Å². The summed E-state index contributed by atoms with van der Waals surface area (Å²) in [5.74, 6) is 0.908. The van der Waals surface area contributed by atoms with Crippen molar-refractivity contribution < 1.29 is 4.74 Å². The molecule has 0 amide bonds. The molecule has 1 unspecified atom stereocenters. The van der Waals surface area contributed by atoms with E-state index in [9.17, 15) is 0 Å². The Morgan fingerprint density at radius 1 is 1.75 bits per heavy atom. The van der Waals surface area contributed by atoms with Crippen molar-refractivity contribution in [3.05, 3.63) is 24.5 Å². The van der Waals surface area contributed by atoms with E-state index in [2.05, 4.69) is 28.4 Å². The van der Waals surface area contributed by atoms with Crippen LogP contribution in [-0.4, -0.2) is 28.3 Å². The minimum atomic E-state index is 0.0106. The van der Waals surface area contributed by atoms with Gasteiger partial charge in [0.25, 0.3) is 0 Å². The van der Waals surface area contributed by atoms with E-state index in [1.165, 1.54) is 0 Å². The molecule has 88 valence electrons. The Labute approximate surface area is 96.3 Å². The lowest BCUT2D eigenvalue weighted by Crippen LogP contribution is -2.36. The Kier molecular flexibility index (Phi) is 3.01. The van der Waals surface area contributed by atoms with Gasteiger partial charge in [0.05, 0.1) is 17.8 Å². The standard InChI is InChI=1S/C12H19N3O/c1-4-6-15-8-10(2)13-11(15)14-12(3)5-7-16-9-12/h4,8H,1,5-7,9H2,2-3H3,(H,13,14). The van der Waals surface area contributed by atoms with E-state index < -0.39 is 0 Å². The van der Waals surface area contributed by atoms with E-state index in [-0.39, 0.29) is 5.54 Å². The zero-order chi connectivity index (χ0) is 11.6. The topological polar surface area (TPSA) is 39.1 Å². The normalized spacial score (nSPS) is 24.6. The number of hydrogen-bond donors (Lipinski definition) is 1. The Morgan fingerprint density at radius 3 is 3.19 bits per heavy atom. The fourth-order valence-corrected chi connectivity index (χ4v) is 1.96. The lowest BCUT2D eigenvalue weighted by atomic mass is 10.0. The van der Waals surface area contributed by atoms with Crippen LogP contribution < -0.4 is 5.32 Å². The number of nitrogens with one attached hydrogen (secondary N) is 1. The molecule has 1 N–H and O–H groups in total. The number of aromatic nitrogens is 2. The molecular weight excluding hydrogens is 202 g/mol. The highest BCUT2D eigenvalue weighted by Crippen LogP contribution is 2.23. The minimum Gasteiger partial charge on any atom is -0.379 e. The molecule has 4 nitrogen and oxygen atoms in total. The number of allylic oxidation sites excluding steroid dienone is 1. The Balaban J connectivity index is 2.16. The van der Waals surface area contributed by atoms with Crippen LogP contribution in [0.15, 0.2) is 18.9 Å². The maximum absolute atomic E-state index is 5.42. The zero-order valence-corrected chi connectivity index (χ0v) is 9.99. The predicted molar refractivity (Wildman–Crippen MR) is 64.6 cm³/mol. The van der Waals surface area contributed by atoms with Crippen molar-refractivity contribution in [1.29, 1.82) is 0 Å². The van der Waals surface area contributed by atoms with Gasteiger partial charge in [-0.2, -0.15) is 0 Å². The van der Waals surface area contributed by atoms with Crippen LogP contribution >= 0.6 is 0 Å². The summed E-state index contributed by atoms with van der Waals surface area (Å²) in [5.41, 5.74) is 1.03. The van der Waals surface area contributed by atoms with Crippen LogP contribution in [0.1, 0.15) is 19.0 Å². The monoisotopic (exact) mass is 221 g/mol. The first kappa shape index (κ1) is 11.2. The van der Waals surface area contributed by atoms with Gasteiger partial charge in [0.15, 0.2) is 0 Å². The van der Waals surface area contributed by atoms with Crippen molar-refractivity contribution in [2.24, 2.45) is 0 Å². The van der Waals surface area contributed by atoms with E-state index in [4.69, 9.17) is 4.74 Å². The molecule has 1 aliphatic rings. The maximum Gasteiger partial charge on any atom is 0.203 e. The molecule has 0 saturated carbocycles. The lowest BCUT2D eigenvalue weighted by Gasteiger charge is -2.24. The molecule has 1 fully saturated rings. The number of hydrogen-bond acceptors (Lipinski definition) is 3. The molecule has 1 atom stereocenters. The molecule has 1 aromatic heterocycles. The average molecular weight is 221 g/mol. The SMILES string of the molecule is C=CCn1cc(C)nc1NC1(C)CCOC1.